The first-order valence-corrected chi connectivity index (χ1v) is 32.3. The molecule has 0 saturated heterocycles. The molecule has 3 atom stereocenters. The maximum Gasteiger partial charge on any atom is 0.472 e. The minimum Gasteiger partial charge on any atom is -0.462 e. The molecular formula is C64H113O11P. The number of hydrogen-bond donors (Lipinski definition) is 2. The lowest BCUT2D eigenvalue weighted by Crippen LogP contribution is -2.30. The van der Waals surface area contributed by atoms with Crippen LogP contribution in [0.5, 0.6) is 0 Å². The topological polar surface area (TPSA) is 155 Å². The van der Waals surface area contributed by atoms with E-state index in [1.807, 2.05) is 0 Å². The van der Waals surface area contributed by atoms with Crippen molar-refractivity contribution in [2.45, 2.75) is 290 Å². The highest BCUT2D eigenvalue weighted by Gasteiger charge is 2.28. The van der Waals surface area contributed by atoms with E-state index in [-0.39, 0.29) is 25.9 Å². The molecule has 2 N–H and O–H groups in total. The summed E-state index contributed by atoms with van der Waals surface area (Å²) >= 11 is 0. The van der Waals surface area contributed by atoms with Gasteiger partial charge in [-0.05, 0) is 83.5 Å². The SMILES string of the molecule is CC/C=C\C/C=C\C/C=C\CCCCCCCCCC(=O)OC(COC(=O)CCCCCCC/C=C\C/C=C\C/C=C\CC)COP(=O)(O)OCC(CO)OC(=O)CCCCCCCCCCCCCCCCCCC. The smallest absolute Gasteiger partial charge is 0.462 e. The van der Waals surface area contributed by atoms with Crippen molar-refractivity contribution in [3.05, 3.63) is 72.9 Å². The van der Waals surface area contributed by atoms with E-state index in [0.717, 1.165) is 128 Å². The molecule has 0 spiro atoms. The summed E-state index contributed by atoms with van der Waals surface area (Å²) in [6, 6.07) is 0. The number of phosphoric acid groups is 1. The van der Waals surface area contributed by atoms with Crippen LogP contribution in [0.4, 0.5) is 0 Å². The number of rotatable bonds is 57. The van der Waals surface area contributed by atoms with Crippen LogP contribution in [0.3, 0.4) is 0 Å². The number of allylic oxidation sites excluding steroid dienone is 12. The number of carbonyl (C=O) groups excluding carboxylic acids is 3. The van der Waals surface area contributed by atoms with Crippen molar-refractivity contribution in [3.63, 3.8) is 0 Å². The first kappa shape index (κ1) is 72.9. The molecule has 0 heterocycles. The summed E-state index contributed by atoms with van der Waals surface area (Å²) in [6.07, 6.45) is 65.7. The second kappa shape index (κ2) is 58.1. The Hall–Kier alpha value is -3.08. The lowest BCUT2D eigenvalue weighted by molar-refractivity contribution is -0.161. The predicted molar refractivity (Wildman–Crippen MR) is 316 cm³/mol. The standard InChI is InChI=1S/C64H113O11P/c1-4-7-10-13-16-19-22-25-28-30-33-36-39-42-45-48-51-54-63(67)74-60(56-65)58-72-76(69,70)73-59-61(57-71-62(66)53-50-47-44-41-38-35-32-27-24-21-18-15-12-9-6-3)75-64(68)55-52-49-46-43-40-37-34-31-29-26-23-20-17-14-11-8-5-2/h8-9,11-12,17-18,20-21,26-27,29,32,60-61,65H,4-7,10,13-16,19,22-25,28,30-31,33-59H2,1-3H3,(H,69,70)/b11-8-,12-9-,20-17-,21-18-,29-26-,32-27-. The molecule has 3 unspecified atom stereocenters. The number of phosphoric ester groups is 1. The van der Waals surface area contributed by atoms with Crippen LogP contribution in [0, 0.1) is 0 Å². The molecular weight excluding hydrogens is 976 g/mol. The van der Waals surface area contributed by atoms with Gasteiger partial charge in [-0.3, -0.25) is 23.4 Å². The van der Waals surface area contributed by atoms with Crippen molar-refractivity contribution in [2.24, 2.45) is 0 Å². The number of esters is 3. The summed E-state index contributed by atoms with van der Waals surface area (Å²) in [5.41, 5.74) is 0. The zero-order chi connectivity index (χ0) is 55.5. The zero-order valence-electron chi connectivity index (χ0n) is 48.7. The molecule has 0 aliphatic heterocycles. The van der Waals surface area contributed by atoms with Crippen molar-refractivity contribution < 1.29 is 52.2 Å². The van der Waals surface area contributed by atoms with E-state index >= 15 is 0 Å². The van der Waals surface area contributed by atoms with E-state index < -0.39 is 57.8 Å². The second-order valence-electron chi connectivity index (χ2n) is 20.5. The summed E-state index contributed by atoms with van der Waals surface area (Å²) in [7, 11) is -4.76. The number of aliphatic hydroxyl groups excluding tert-OH is 1. The van der Waals surface area contributed by atoms with Crippen molar-refractivity contribution in [1.82, 2.24) is 0 Å². The monoisotopic (exact) mass is 1090 g/mol. The first-order valence-electron chi connectivity index (χ1n) is 30.8. The second-order valence-corrected chi connectivity index (χ2v) is 21.9. The van der Waals surface area contributed by atoms with Crippen LogP contribution < -0.4 is 0 Å². The third-order valence-corrected chi connectivity index (χ3v) is 14.1. The maximum atomic E-state index is 12.9. The highest BCUT2D eigenvalue weighted by Crippen LogP contribution is 2.43. The van der Waals surface area contributed by atoms with Gasteiger partial charge >= 0.3 is 25.7 Å². The van der Waals surface area contributed by atoms with Gasteiger partial charge in [0.05, 0.1) is 19.8 Å². The molecule has 0 amide bonds. The van der Waals surface area contributed by atoms with E-state index in [0.29, 0.717) is 19.3 Å². The quantitative estimate of drug-likeness (QED) is 0.0197. The number of carbonyl (C=O) groups is 3. The lowest BCUT2D eigenvalue weighted by Gasteiger charge is -2.21. The largest absolute Gasteiger partial charge is 0.472 e. The van der Waals surface area contributed by atoms with Crippen LogP contribution in [0.15, 0.2) is 72.9 Å². The van der Waals surface area contributed by atoms with E-state index in [9.17, 15) is 28.9 Å². The Labute approximate surface area is 465 Å². The predicted octanol–water partition coefficient (Wildman–Crippen LogP) is 18.5. The van der Waals surface area contributed by atoms with Crippen LogP contribution in [-0.4, -0.2) is 66.5 Å². The molecule has 0 aliphatic carbocycles. The van der Waals surface area contributed by atoms with Gasteiger partial charge in [0.2, 0.25) is 0 Å². The molecule has 0 saturated carbocycles. The molecule has 0 aliphatic rings. The third kappa shape index (κ3) is 55.7. The maximum absolute atomic E-state index is 12.9. The summed E-state index contributed by atoms with van der Waals surface area (Å²) < 4.78 is 39.6. The van der Waals surface area contributed by atoms with Crippen molar-refractivity contribution in [1.29, 1.82) is 0 Å². The Morgan fingerprint density at radius 3 is 1.05 bits per heavy atom. The highest BCUT2D eigenvalue weighted by molar-refractivity contribution is 7.47. The van der Waals surface area contributed by atoms with Crippen molar-refractivity contribution in [3.8, 4) is 0 Å². The van der Waals surface area contributed by atoms with Gasteiger partial charge in [0.15, 0.2) is 6.10 Å². The molecule has 11 nitrogen and oxygen atoms in total. The Bertz CT molecular complexity index is 1550. The molecule has 0 aromatic heterocycles. The fraction of sp³-hybridized carbons (Fsp3) is 0.766. The van der Waals surface area contributed by atoms with Gasteiger partial charge in [0.1, 0.15) is 12.7 Å². The minimum absolute atomic E-state index is 0.151. The summed E-state index contributed by atoms with van der Waals surface area (Å²) in [5.74, 6) is -1.49. The normalized spacial score (nSPS) is 13.8. The van der Waals surface area contributed by atoms with Gasteiger partial charge in [0.25, 0.3) is 0 Å². The van der Waals surface area contributed by atoms with Gasteiger partial charge in [-0.2, -0.15) is 0 Å². The summed E-state index contributed by atoms with van der Waals surface area (Å²) in [5, 5.41) is 9.84. The Balaban J connectivity index is 4.70. The molecule has 0 aromatic carbocycles. The van der Waals surface area contributed by atoms with Crippen LogP contribution in [-0.2, 0) is 42.2 Å². The molecule has 0 bridgehead atoms. The fourth-order valence-corrected chi connectivity index (χ4v) is 9.29. The Kier molecular flexibility index (Phi) is 55.7. The van der Waals surface area contributed by atoms with Crippen LogP contribution in [0.1, 0.15) is 278 Å². The molecule has 0 radical (unpaired) electrons. The highest BCUT2D eigenvalue weighted by atomic mass is 31.2. The number of hydrogen-bond acceptors (Lipinski definition) is 10. The first-order chi connectivity index (χ1) is 37.2. The van der Waals surface area contributed by atoms with Gasteiger partial charge in [0, 0.05) is 19.3 Å². The van der Waals surface area contributed by atoms with Crippen LogP contribution in [0.2, 0.25) is 0 Å². The van der Waals surface area contributed by atoms with Crippen molar-refractivity contribution in [2.75, 3.05) is 26.4 Å². The molecule has 12 heteroatoms. The number of aliphatic hydroxyl groups is 1. The van der Waals surface area contributed by atoms with Crippen molar-refractivity contribution >= 4 is 25.7 Å². The van der Waals surface area contributed by atoms with Gasteiger partial charge in [-0.1, -0.05) is 248 Å². The summed E-state index contributed by atoms with van der Waals surface area (Å²) in [4.78, 5) is 48.7. The van der Waals surface area contributed by atoms with E-state index in [1.54, 1.807) is 0 Å². The third-order valence-electron chi connectivity index (χ3n) is 13.1. The van der Waals surface area contributed by atoms with Crippen LogP contribution in [0.25, 0.3) is 0 Å². The lowest BCUT2D eigenvalue weighted by atomic mass is 10.0. The van der Waals surface area contributed by atoms with Gasteiger partial charge in [-0.25, -0.2) is 4.57 Å². The molecule has 0 aromatic rings. The average Bonchev–Trinajstić information content (AvgIpc) is 3.41. The fourth-order valence-electron chi connectivity index (χ4n) is 8.50. The Morgan fingerprint density at radius 1 is 0.382 bits per heavy atom. The molecule has 440 valence electrons. The summed E-state index contributed by atoms with van der Waals surface area (Å²) in [6.45, 7) is 4.43. The van der Waals surface area contributed by atoms with Gasteiger partial charge in [-0.15, -0.1) is 0 Å². The van der Waals surface area contributed by atoms with Gasteiger partial charge < -0.3 is 24.2 Å². The molecule has 0 rings (SSSR count). The average molecular weight is 1090 g/mol. The molecule has 0 fully saturated rings. The number of unbranched alkanes of at least 4 members (excludes halogenated alkanes) is 28. The van der Waals surface area contributed by atoms with E-state index in [4.69, 9.17) is 23.3 Å². The zero-order valence-corrected chi connectivity index (χ0v) is 49.6. The van der Waals surface area contributed by atoms with Crippen LogP contribution >= 0.6 is 7.82 Å². The van der Waals surface area contributed by atoms with E-state index in [2.05, 4.69) is 93.7 Å². The minimum atomic E-state index is -4.76. The molecule has 76 heavy (non-hydrogen) atoms. The number of ether oxygens (including phenoxy) is 3. The Morgan fingerprint density at radius 2 is 0.684 bits per heavy atom. The van der Waals surface area contributed by atoms with E-state index in [1.165, 1.54) is 89.9 Å².